The highest BCUT2D eigenvalue weighted by molar-refractivity contribution is 5.72. The van der Waals surface area contributed by atoms with Gasteiger partial charge in [-0.05, 0) is 61.8 Å². The van der Waals surface area contributed by atoms with Crippen molar-refractivity contribution in [2.24, 2.45) is 5.92 Å². The fraction of sp³-hybridized carbons (Fsp3) is 0.357. The summed E-state index contributed by atoms with van der Waals surface area (Å²) in [7, 11) is 0. The lowest BCUT2D eigenvalue weighted by atomic mass is 10.0. The van der Waals surface area contributed by atoms with Crippen LogP contribution in [0, 0.1) is 12.8 Å². The van der Waals surface area contributed by atoms with E-state index >= 15 is 0 Å². The summed E-state index contributed by atoms with van der Waals surface area (Å²) in [5.41, 5.74) is 8.02. The van der Waals surface area contributed by atoms with Crippen LogP contribution < -0.4 is 10.6 Å². The standard InChI is InChI=1S/C28H30N6/c1-16-26(34-28(31-16)24-14-21-13-23(21)32-24)20-10-6-18(7-11-20)17-4-8-19(9-5-17)25-15-30-27(33-25)22-3-2-12-29-22/h4-11,15,21-24,29,32H,2-3,12-14H2,1H3,(H,30,33)(H,31,34). The summed E-state index contributed by atoms with van der Waals surface area (Å²) >= 11 is 0. The minimum atomic E-state index is 0.362. The van der Waals surface area contributed by atoms with Crippen molar-refractivity contribution in [3.05, 3.63) is 72.1 Å². The number of aromatic nitrogens is 4. The van der Waals surface area contributed by atoms with Gasteiger partial charge in [-0.2, -0.15) is 0 Å². The summed E-state index contributed by atoms with van der Waals surface area (Å²) < 4.78 is 0. The molecule has 4 atom stereocenters. The molecule has 2 aliphatic heterocycles. The van der Waals surface area contributed by atoms with Gasteiger partial charge in [0.05, 0.1) is 29.7 Å². The summed E-state index contributed by atoms with van der Waals surface area (Å²) in [6.45, 7) is 3.20. The molecule has 4 unspecified atom stereocenters. The second kappa shape index (κ2) is 7.93. The maximum Gasteiger partial charge on any atom is 0.124 e. The van der Waals surface area contributed by atoms with Crippen LogP contribution in [0.4, 0.5) is 0 Å². The van der Waals surface area contributed by atoms with E-state index in [-0.39, 0.29) is 0 Å². The average Bonchev–Trinajstić information content (AvgIpc) is 3.44. The van der Waals surface area contributed by atoms with E-state index in [0.717, 1.165) is 64.8 Å². The molecule has 2 saturated heterocycles. The number of aryl methyl sites for hydroxylation is 1. The molecular weight excluding hydrogens is 420 g/mol. The van der Waals surface area contributed by atoms with Crippen molar-refractivity contribution in [1.29, 1.82) is 0 Å². The van der Waals surface area contributed by atoms with Gasteiger partial charge in [0.1, 0.15) is 11.6 Å². The number of nitrogens with one attached hydrogen (secondary N) is 4. The van der Waals surface area contributed by atoms with Crippen molar-refractivity contribution in [2.45, 2.75) is 50.7 Å². The van der Waals surface area contributed by atoms with Crippen LogP contribution in [0.15, 0.2) is 54.7 Å². The molecule has 6 heteroatoms. The van der Waals surface area contributed by atoms with Crippen molar-refractivity contribution >= 4 is 0 Å². The minimum absolute atomic E-state index is 0.362. The van der Waals surface area contributed by atoms with Crippen LogP contribution in [-0.4, -0.2) is 32.5 Å². The van der Waals surface area contributed by atoms with Crippen molar-refractivity contribution in [3.8, 4) is 33.6 Å². The van der Waals surface area contributed by atoms with E-state index in [2.05, 4.69) is 81.0 Å². The number of benzene rings is 2. The molecule has 3 aliphatic rings. The Morgan fingerprint density at radius 1 is 0.794 bits per heavy atom. The van der Waals surface area contributed by atoms with Gasteiger partial charge >= 0.3 is 0 Å². The third-order valence-electron chi connectivity index (χ3n) is 7.78. The molecule has 4 aromatic rings. The van der Waals surface area contributed by atoms with Crippen LogP contribution in [0.3, 0.4) is 0 Å². The van der Waals surface area contributed by atoms with Gasteiger partial charge in [0.15, 0.2) is 0 Å². The largest absolute Gasteiger partial charge is 0.344 e. The monoisotopic (exact) mass is 450 g/mol. The highest BCUT2D eigenvalue weighted by Crippen LogP contribution is 2.45. The number of hydrogen-bond donors (Lipinski definition) is 4. The van der Waals surface area contributed by atoms with E-state index in [9.17, 15) is 0 Å². The molecule has 4 heterocycles. The number of aromatic amines is 2. The topological polar surface area (TPSA) is 81.4 Å². The molecule has 2 aromatic heterocycles. The van der Waals surface area contributed by atoms with Crippen LogP contribution in [0.2, 0.25) is 0 Å². The Morgan fingerprint density at radius 2 is 1.53 bits per heavy atom. The molecule has 0 radical (unpaired) electrons. The molecular formula is C28H30N6. The molecule has 1 saturated carbocycles. The maximum atomic E-state index is 4.96. The van der Waals surface area contributed by atoms with Gasteiger partial charge in [0.25, 0.3) is 0 Å². The second-order valence-electron chi connectivity index (χ2n) is 10.1. The lowest BCUT2D eigenvalue weighted by molar-refractivity contribution is 0.542. The zero-order chi connectivity index (χ0) is 22.6. The van der Waals surface area contributed by atoms with Crippen molar-refractivity contribution < 1.29 is 0 Å². The van der Waals surface area contributed by atoms with Crippen molar-refractivity contribution in [3.63, 3.8) is 0 Å². The molecule has 0 bridgehead atoms. The quantitative estimate of drug-likeness (QED) is 0.333. The Morgan fingerprint density at radius 3 is 2.21 bits per heavy atom. The molecule has 0 spiro atoms. The van der Waals surface area contributed by atoms with Crippen LogP contribution in [0.25, 0.3) is 33.6 Å². The number of nitrogens with zero attached hydrogens (tertiary/aromatic N) is 2. The summed E-state index contributed by atoms with van der Waals surface area (Å²) in [6.07, 6.45) is 6.87. The molecule has 0 amide bonds. The zero-order valence-electron chi connectivity index (χ0n) is 19.4. The maximum absolute atomic E-state index is 4.96. The van der Waals surface area contributed by atoms with Gasteiger partial charge in [-0.3, -0.25) is 0 Å². The third kappa shape index (κ3) is 3.58. The zero-order valence-corrected chi connectivity index (χ0v) is 19.4. The Hall–Kier alpha value is -3.22. The number of fused-ring (bicyclic) bond motifs is 1. The molecule has 4 N–H and O–H groups in total. The number of rotatable bonds is 5. The van der Waals surface area contributed by atoms with Gasteiger partial charge < -0.3 is 20.6 Å². The predicted molar refractivity (Wildman–Crippen MR) is 134 cm³/mol. The molecule has 7 rings (SSSR count). The summed E-state index contributed by atoms with van der Waals surface area (Å²) in [5.74, 6) is 3.00. The van der Waals surface area contributed by atoms with E-state index in [1.54, 1.807) is 0 Å². The third-order valence-corrected chi connectivity index (χ3v) is 7.78. The van der Waals surface area contributed by atoms with Crippen molar-refractivity contribution in [2.75, 3.05) is 6.54 Å². The first-order valence-electron chi connectivity index (χ1n) is 12.5. The van der Waals surface area contributed by atoms with E-state index in [1.165, 1.54) is 30.4 Å². The smallest absolute Gasteiger partial charge is 0.124 e. The van der Waals surface area contributed by atoms with Gasteiger partial charge in [0, 0.05) is 17.3 Å². The van der Waals surface area contributed by atoms with Crippen molar-refractivity contribution in [1.82, 2.24) is 30.6 Å². The summed E-state index contributed by atoms with van der Waals surface area (Å²) in [5, 5.41) is 7.20. The average molecular weight is 451 g/mol. The molecule has 2 aromatic carbocycles. The number of hydrogen-bond acceptors (Lipinski definition) is 4. The van der Waals surface area contributed by atoms with Gasteiger partial charge in [0.2, 0.25) is 0 Å². The Kier molecular flexibility index (Phi) is 4.71. The molecule has 3 fully saturated rings. The van der Waals surface area contributed by atoms with Crippen LogP contribution in [-0.2, 0) is 0 Å². The fourth-order valence-corrected chi connectivity index (χ4v) is 5.70. The van der Waals surface area contributed by atoms with Gasteiger partial charge in [-0.25, -0.2) is 9.97 Å². The van der Waals surface area contributed by atoms with E-state index < -0.39 is 0 Å². The molecule has 172 valence electrons. The van der Waals surface area contributed by atoms with Gasteiger partial charge in [-0.1, -0.05) is 48.5 Å². The Labute approximate surface area is 199 Å². The number of piperidine rings is 1. The second-order valence-corrected chi connectivity index (χ2v) is 10.1. The fourth-order valence-electron chi connectivity index (χ4n) is 5.70. The summed E-state index contributed by atoms with van der Waals surface area (Å²) in [6, 6.07) is 19.0. The first-order valence-corrected chi connectivity index (χ1v) is 12.5. The van der Waals surface area contributed by atoms with Crippen LogP contribution in [0.1, 0.15) is 55.1 Å². The lowest BCUT2D eigenvalue weighted by Gasteiger charge is -2.09. The number of H-pyrrole nitrogens is 2. The number of imidazole rings is 2. The van der Waals surface area contributed by atoms with Crippen LogP contribution in [0.5, 0.6) is 0 Å². The minimum Gasteiger partial charge on any atom is -0.344 e. The first kappa shape index (κ1) is 20.2. The van der Waals surface area contributed by atoms with E-state index in [1.807, 2.05) is 6.20 Å². The summed E-state index contributed by atoms with van der Waals surface area (Å²) in [4.78, 5) is 16.6. The van der Waals surface area contributed by atoms with E-state index in [0.29, 0.717) is 12.1 Å². The normalized spacial score (nSPS) is 25.6. The van der Waals surface area contributed by atoms with Crippen LogP contribution >= 0.6 is 0 Å². The Bertz CT molecular complexity index is 1300. The highest BCUT2D eigenvalue weighted by Gasteiger charge is 2.46. The highest BCUT2D eigenvalue weighted by atomic mass is 15.1. The SMILES string of the molecule is Cc1[nH]c(C2CC3CC3N2)nc1-c1ccc(-c2ccc(-c3cnc(C4CCCN4)[nH]3)cc2)cc1. The molecule has 1 aliphatic carbocycles. The van der Waals surface area contributed by atoms with E-state index in [4.69, 9.17) is 4.98 Å². The Balaban J connectivity index is 1.08. The first-order chi connectivity index (χ1) is 16.7. The predicted octanol–water partition coefficient (Wildman–Crippen LogP) is 5.29. The lowest BCUT2D eigenvalue weighted by Crippen LogP contribution is -2.18. The molecule has 6 nitrogen and oxygen atoms in total. The van der Waals surface area contributed by atoms with Gasteiger partial charge in [-0.15, -0.1) is 0 Å². The molecule has 34 heavy (non-hydrogen) atoms.